The van der Waals surface area contributed by atoms with Crippen LogP contribution in [0.1, 0.15) is 50.4 Å². The lowest BCUT2D eigenvalue weighted by Crippen LogP contribution is -2.33. The molecule has 1 aliphatic rings. The first-order chi connectivity index (χ1) is 11.5. The van der Waals surface area contributed by atoms with Gasteiger partial charge in [0.2, 0.25) is 11.8 Å². The summed E-state index contributed by atoms with van der Waals surface area (Å²) in [6, 6.07) is 3.39. The molecular weight excluding hydrogens is 330 g/mol. The molecule has 128 valence electrons. The monoisotopic (exact) mass is 349 g/mol. The number of nitrogens with zero attached hydrogens (tertiary/aromatic N) is 4. The summed E-state index contributed by atoms with van der Waals surface area (Å²) in [5.41, 5.74) is 0. The Morgan fingerprint density at radius 2 is 2.33 bits per heavy atom. The van der Waals surface area contributed by atoms with Crippen LogP contribution in [0.4, 0.5) is 5.82 Å². The fourth-order valence-electron chi connectivity index (χ4n) is 2.74. The Balaban J connectivity index is 1.62. The van der Waals surface area contributed by atoms with E-state index >= 15 is 0 Å². The lowest BCUT2D eigenvalue weighted by Gasteiger charge is -2.20. The Bertz CT molecular complexity index is 701. The van der Waals surface area contributed by atoms with Crippen molar-refractivity contribution in [3.8, 4) is 0 Å². The topological polar surface area (TPSA) is 84.2 Å². The van der Waals surface area contributed by atoms with Crippen molar-refractivity contribution in [1.82, 2.24) is 20.0 Å². The second-order valence-electron chi connectivity index (χ2n) is 6.18. The van der Waals surface area contributed by atoms with E-state index in [0.717, 1.165) is 19.4 Å². The molecule has 0 spiro atoms. The largest absolute Gasteiger partial charge is 0.339 e. The number of hydrogen-bond donors (Lipinski definition) is 1. The Morgan fingerprint density at radius 3 is 3.00 bits per heavy atom. The van der Waals surface area contributed by atoms with Gasteiger partial charge in [0.05, 0.1) is 17.6 Å². The second kappa shape index (κ2) is 7.27. The van der Waals surface area contributed by atoms with E-state index in [-0.39, 0.29) is 24.4 Å². The number of halogens is 1. The van der Waals surface area contributed by atoms with Gasteiger partial charge in [-0.3, -0.25) is 9.69 Å². The molecule has 0 saturated carbocycles. The Morgan fingerprint density at radius 1 is 1.50 bits per heavy atom. The van der Waals surface area contributed by atoms with E-state index in [1.54, 1.807) is 12.1 Å². The molecule has 1 amide bonds. The van der Waals surface area contributed by atoms with Crippen molar-refractivity contribution in [1.29, 1.82) is 0 Å². The van der Waals surface area contributed by atoms with Crippen LogP contribution in [0, 0.1) is 0 Å². The van der Waals surface area contributed by atoms with E-state index in [1.807, 2.05) is 13.8 Å². The normalized spacial score (nSPS) is 18.2. The van der Waals surface area contributed by atoms with Gasteiger partial charge in [-0.1, -0.05) is 30.6 Å². The molecule has 0 aromatic carbocycles. The minimum Gasteiger partial charge on any atom is -0.339 e. The molecular formula is C16H20ClN5O2. The minimum atomic E-state index is -0.121. The maximum absolute atomic E-state index is 12.3. The molecule has 1 N–H and O–H groups in total. The highest BCUT2D eigenvalue weighted by Gasteiger charge is 2.31. The Hall–Kier alpha value is -1.99. The standard InChI is InChI=1S/C16H20ClN5O2/c1-10(2)16-20-15(21-24-16)12-4-3-7-22(12)9-14(23)19-13-6-5-11(17)8-18-13/h5-6,8,10,12H,3-4,7,9H2,1-2H3,(H,18,19,23). The van der Waals surface area contributed by atoms with Crippen molar-refractivity contribution in [2.24, 2.45) is 0 Å². The smallest absolute Gasteiger partial charge is 0.239 e. The molecule has 7 nitrogen and oxygen atoms in total. The number of likely N-dealkylation sites (tertiary alicyclic amines) is 1. The van der Waals surface area contributed by atoms with Gasteiger partial charge >= 0.3 is 0 Å². The van der Waals surface area contributed by atoms with Gasteiger partial charge in [-0.2, -0.15) is 4.98 Å². The quantitative estimate of drug-likeness (QED) is 0.893. The lowest BCUT2D eigenvalue weighted by atomic mass is 10.2. The fraction of sp³-hybridized carbons (Fsp3) is 0.500. The summed E-state index contributed by atoms with van der Waals surface area (Å²) >= 11 is 5.79. The molecule has 2 aromatic heterocycles. The van der Waals surface area contributed by atoms with Crippen LogP contribution in [-0.2, 0) is 4.79 Å². The number of carbonyl (C=O) groups excluding carboxylic acids is 1. The van der Waals surface area contributed by atoms with Crippen LogP contribution < -0.4 is 5.32 Å². The van der Waals surface area contributed by atoms with Crippen LogP contribution in [0.15, 0.2) is 22.9 Å². The summed E-state index contributed by atoms with van der Waals surface area (Å²) < 4.78 is 5.29. The fourth-order valence-corrected chi connectivity index (χ4v) is 2.85. The highest BCUT2D eigenvalue weighted by atomic mass is 35.5. The first-order valence-corrected chi connectivity index (χ1v) is 8.39. The number of pyridine rings is 1. The number of rotatable bonds is 5. The zero-order valence-corrected chi connectivity index (χ0v) is 14.5. The highest BCUT2D eigenvalue weighted by molar-refractivity contribution is 6.30. The van der Waals surface area contributed by atoms with Gasteiger partial charge in [-0.15, -0.1) is 0 Å². The lowest BCUT2D eigenvalue weighted by molar-refractivity contribution is -0.117. The first kappa shape index (κ1) is 16.9. The molecule has 8 heteroatoms. The summed E-state index contributed by atoms with van der Waals surface area (Å²) in [6.45, 7) is 5.12. The summed E-state index contributed by atoms with van der Waals surface area (Å²) in [6.07, 6.45) is 3.43. The average Bonchev–Trinajstić information content (AvgIpc) is 3.18. The first-order valence-electron chi connectivity index (χ1n) is 8.02. The third kappa shape index (κ3) is 3.91. The van der Waals surface area contributed by atoms with E-state index in [9.17, 15) is 4.79 Å². The number of anilines is 1. The number of amides is 1. The molecule has 0 bridgehead atoms. The van der Waals surface area contributed by atoms with Gasteiger partial charge in [0.25, 0.3) is 0 Å². The molecule has 3 heterocycles. The van der Waals surface area contributed by atoms with Gasteiger partial charge < -0.3 is 9.84 Å². The predicted octanol–water partition coefficient (Wildman–Crippen LogP) is 3.02. The molecule has 1 saturated heterocycles. The second-order valence-corrected chi connectivity index (χ2v) is 6.62. The summed E-state index contributed by atoms with van der Waals surface area (Å²) in [5, 5.41) is 7.39. The van der Waals surface area contributed by atoms with Gasteiger partial charge in [0, 0.05) is 12.1 Å². The number of nitrogens with one attached hydrogen (secondary N) is 1. The molecule has 0 aliphatic carbocycles. The predicted molar refractivity (Wildman–Crippen MR) is 89.8 cm³/mol. The highest BCUT2D eigenvalue weighted by Crippen LogP contribution is 2.30. The van der Waals surface area contributed by atoms with E-state index < -0.39 is 0 Å². The van der Waals surface area contributed by atoms with Crippen LogP contribution in [-0.4, -0.2) is 39.0 Å². The van der Waals surface area contributed by atoms with Gasteiger partial charge in [0.1, 0.15) is 5.82 Å². The number of hydrogen-bond acceptors (Lipinski definition) is 6. The minimum absolute atomic E-state index is 0.0187. The van der Waals surface area contributed by atoms with Gasteiger partial charge in [-0.25, -0.2) is 4.98 Å². The molecule has 1 unspecified atom stereocenters. The van der Waals surface area contributed by atoms with E-state index in [4.69, 9.17) is 16.1 Å². The third-order valence-electron chi connectivity index (χ3n) is 3.95. The third-order valence-corrected chi connectivity index (χ3v) is 4.18. The Labute approximate surface area is 145 Å². The molecule has 1 atom stereocenters. The zero-order valence-electron chi connectivity index (χ0n) is 13.7. The van der Waals surface area contributed by atoms with Crippen LogP contribution in [0.3, 0.4) is 0 Å². The summed E-state index contributed by atoms with van der Waals surface area (Å²) in [7, 11) is 0. The number of aromatic nitrogens is 3. The van der Waals surface area contributed by atoms with E-state index in [0.29, 0.717) is 22.6 Å². The molecule has 24 heavy (non-hydrogen) atoms. The molecule has 3 rings (SSSR count). The summed E-state index contributed by atoms with van der Waals surface area (Å²) in [4.78, 5) is 22.9. The van der Waals surface area contributed by atoms with Crippen LogP contribution in [0.5, 0.6) is 0 Å². The summed E-state index contributed by atoms with van der Waals surface area (Å²) in [5.74, 6) is 1.85. The van der Waals surface area contributed by atoms with Crippen molar-refractivity contribution in [3.63, 3.8) is 0 Å². The van der Waals surface area contributed by atoms with E-state index in [1.165, 1.54) is 6.20 Å². The molecule has 1 aliphatic heterocycles. The number of carbonyl (C=O) groups is 1. The molecule has 0 radical (unpaired) electrons. The van der Waals surface area contributed by atoms with Crippen LogP contribution in [0.25, 0.3) is 0 Å². The average molecular weight is 350 g/mol. The zero-order chi connectivity index (χ0) is 17.1. The van der Waals surface area contributed by atoms with Crippen molar-refractivity contribution in [3.05, 3.63) is 35.1 Å². The van der Waals surface area contributed by atoms with Crippen molar-refractivity contribution >= 4 is 23.3 Å². The van der Waals surface area contributed by atoms with Crippen molar-refractivity contribution < 1.29 is 9.32 Å². The van der Waals surface area contributed by atoms with Crippen molar-refractivity contribution in [2.45, 2.75) is 38.6 Å². The van der Waals surface area contributed by atoms with Crippen LogP contribution in [0.2, 0.25) is 5.02 Å². The maximum atomic E-state index is 12.3. The maximum Gasteiger partial charge on any atom is 0.239 e. The van der Waals surface area contributed by atoms with Crippen molar-refractivity contribution in [2.75, 3.05) is 18.4 Å². The van der Waals surface area contributed by atoms with Crippen LogP contribution >= 0.6 is 11.6 Å². The van der Waals surface area contributed by atoms with E-state index in [2.05, 4.69) is 25.3 Å². The van der Waals surface area contributed by atoms with Gasteiger partial charge in [0.15, 0.2) is 5.82 Å². The van der Waals surface area contributed by atoms with Gasteiger partial charge in [-0.05, 0) is 31.5 Å². The Kier molecular flexibility index (Phi) is 5.11. The molecule has 2 aromatic rings. The SMILES string of the molecule is CC(C)c1nc(C2CCCN2CC(=O)Nc2ccc(Cl)cn2)no1. The molecule has 1 fully saturated rings.